The van der Waals surface area contributed by atoms with Crippen LogP contribution < -0.4 is 0 Å². The summed E-state index contributed by atoms with van der Waals surface area (Å²) >= 11 is 4.65. The van der Waals surface area contributed by atoms with Crippen molar-refractivity contribution in [2.75, 3.05) is 12.0 Å². The SMILES string of the molecule is C=CC(=O)OC(C)CSc1nnc(SC)s1. The van der Waals surface area contributed by atoms with Gasteiger partial charge in [-0.05, 0) is 13.2 Å². The first-order chi connectivity index (χ1) is 7.65. The minimum Gasteiger partial charge on any atom is -0.459 e. The van der Waals surface area contributed by atoms with Crippen molar-refractivity contribution in [3.05, 3.63) is 12.7 Å². The largest absolute Gasteiger partial charge is 0.459 e. The molecule has 0 bridgehead atoms. The second-order valence-corrected chi connectivity index (χ2v) is 6.10. The fraction of sp³-hybridized carbons (Fsp3) is 0.444. The van der Waals surface area contributed by atoms with E-state index >= 15 is 0 Å². The van der Waals surface area contributed by atoms with E-state index in [2.05, 4.69) is 16.8 Å². The van der Waals surface area contributed by atoms with Crippen molar-refractivity contribution in [1.29, 1.82) is 0 Å². The predicted octanol–water partition coefficient (Wildman–Crippen LogP) is 2.47. The van der Waals surface area contributed by atoms with E-state index in [4.69, 9.17) is 4.74 Å². The Hall–Kier alpha value is -0.530. The van der Waals surface area contributed by atoms with Gasteiger partial charge in [-0.15, -0.1) is 10.2 Å². The second kappa shape index (κ2) is 6.93. The fourth-order valence-electron chi connectivity index (χ4n) is 0.807. The van der Waals surface area contributed by atoms with Crippen LogP contribution in [0.4, 0.5) is 0 Å². The lowest BCUT2D eigenvalue weighted by Crippen LogP contribution is -2.15. The van der Waals surface area contributed by atoms with Crippen LogP contribution >= 0.6 is 34.9 Å². The van der Waals surface area contributed by atoms with Crippen molar-refractivity contribution < 1.29 is 9.53 Å². The lowest BCUT2D eigenvalue weighted by Gasteiger charge is -2.09. The molecule has 1 aromatic rings. The van der Waals surface area contributed by atoms with Crippen LogP contribution in [0.5, 0.6) is 0 Å². The van der Waals surface area contributed by atoms with Gasteiger partial charge in [0.2, 0.25) is 0 Å². The first-order valence-corrected chi connectivity index (χ1v) is 7.51. The number of carbonyl (C=O) groups is 1. The van der Waals surface area contributed by atoms with Gasteiger partial charge in [0.15, 0.2) is 8.68 Å². The number of carbonyl (C=O) groups excluding carboxylic acids is 1. The number of ether oxygens (including phenoxy) is 1. The van der Waals surface area contributed by atoms with Gasteiger partial charge < -0.3 is 4.74 Å². The van der Waals surface area contributed by atoms with Crippen LogP contribution in [0.2, 0.25) is 0 Å². The minimum atomic E-state index is -0.393. The van der Waals surface area contributed by atoms with Crippen molar-refractivity contribution in [2.45, 2.75) is 21.7 Å². The summed E-state index contributed by atoms with van der Waals surface area (Å²) < 4.78 is 6.86. The Labute approximate surface area is 107 Å². The Morgan fingerprint density at radius 2 is 2.31 bits per heavy atom. The number of nitrogens with zero attached hydrogens (tertiary/aromatic N) is 2. The Kier molecular flexibility index (Phi) is 5.86. The summed E-state index contributed by atoms with van der Waals surface area (Å²) in [6, 6.07) is 0. The molecular formula is C9H12N2O2S3. The number of esters is 1. The Morgan fingerprint density at radius 1 is 1.62 bits per heavy atom. The molecule has 1 aromatic heterocycles. The quantitative estimate of drug-likeness (QED) is 0.452. The van der Waals surface area contributed by atoms with Gasteiger partial charge in [-0.25, -0.2) is 4.79 Å². The zero-order chi connectivity index (χ0) is 12.0. The normalized spacial score (nSPS) is 12.1. The van der Waals surface area contributed by atoms with Crippen molar-refractivity contribution in [2.24, 2.45) is 0 Å². The highest BCUT2D eigenvalue weighted by Gasteiger charge is 2.09. The lowest BCUT2D eigenvalue weighted by atomic mass is 10.5. The van der Waals surface area contributed by atoms with E-state index in [1.807, 2.05) is 13.2 Å². The first kappa shape index (κ1) is 13.5. The standard InChI is InChI=1S/C9H12N2O2S3/c1-4-7(12)13-6(2)5-15-9-11-10-8(14-3)16-9/h4,6H,1,5H2,2-3H3. The van der Waals surface area contributed by atoms with Gasteiger partial charge in [-0.2, -0.15) is 0 Å². The van der Waals surface area contributed by atoms with Crippen molar-refractivity contribution in [3.63, 3.8) is 0 Å². The average Bonchev–Trinajstić information content (AvgIpc) is 2.74. The maximum Gasteiger partial charge on any atom is 0.330 e. The Bertz CT molecular complexity index is 367. The molecule has 0 aliphatic rings. The van der Waals surface area contributed by atoms with Crippen molar-refractivity contribution in [3.8, 4) is 0 Å². The molecule has 7 heteroatoms. The molecule has 0 spiro atoms. The third kappa shape index (κ3) is 4.54. The Morgan fingerprint density at radius 3 is 2.88 bits per heavy atom. The molecule has 0 aromatic carbocycles. The summed E-state index contributed by atoms with van der Waals surface area (Å²) in [4.78, 5) is 10.9. The number of thioether (sulfide) groups is 2. The van der Waals surface area contributed by atoms with Gasteiger partial charge in [0, 0.05) is 11.8 Å². The number of hydrogen-bond acceptors (Lipinski definition) is 7. The molecule has 0 N–H and O–H groups in total. The maximum atomic E-state index is 10.9. The third-order valence-electron chi connectivity index (χ3n) is 1.49. The van der Waals surface area contributed by atoms with Crippen LogP contribution in [-0.2, 0) is 9.53 Å². The smallest absolute Gasteiger partial charge is 0.330 e. The van der Waals surface area contributed by atoms with Crippen LogP contribution in [0.3, 0.4) is 0 Å². The summed E-state index contributed by atoms with van der Waals surface area (Å²) in [7, 11) is 0. The molecule has 16 heavy (non-hydrogen) atoms. The molecule has 1 atom stereocenters. The molecular weight excluding hydrogens is 264 g/mol. The van der Waals surface area contributed by atoms with Crippen LogP contribution in [0.25, 0.3) is 0 Å². The van der Waals surface area contributed by atoms with Crippen LogP contribution in [0, 0.1) is 0 Å². The molecule has 0 amide bonds. The molecule has 1 rings (SSSR count). The highest BCUT2D eigenvalue weighted by molar-refractivity contribution is 8.02. The molecule has 0 radical (unpaired) electrons. The zero-order valence-corrected chi connectivity index (χ0v) is 11.5. The topological polar surface area (TPSA) is 52.1 Å². The maximum absolute atomic E-state index is 10.9. The molecule has 0 aliphatic carbocycles. The molecule has 0 saturated carbocycles. The molecule has 0 fully saturated rings. The lowest BCUT2D eigenvalue weighted by molar-refractivity contribution is -0.141. The Balaban J connectivity index is 2.33. The molecule has 4 nitrogen and oxygen atoms in total. The summed E-state index contributed by atoms with van der Waals surface area (Å²) in [6.07, 6.45) is 2.97. The van der Waals surface area contributed by atoms with Gasteiger partial charge in [-0.1, -0.05) is 41.4 Å². The highest BCUT2D eigenvalue weighted by Crippen LogP contribution is 2.27. The van der Waals surface area contributed by atoms with Gasteiger partial charge >= 0.3 is 5.97 Å². The van der Waals surface area contributed by atoms with E-state index in [9.17, 15) is 4.79 Å². The number of hydrogen-bond donors (Lipinski definition) is 0. The molecule has 0 saturated heterocycles. The zero-order valence-electron chi connectivity index (χ0n) is 9.00. The number of aromatic nitrogens is 2. The molecule has 1 heterocycles. The van der Waals surface area contributed by atoms with E-state index in [-0.39, 0.29) is 6.10 Å². The van der Waals surface area contributed by atoms with Gasteiger partial charge in [0.1, 0.15) is 6.10 Å². The summed E-state index contributed by atoms with van der Waals surface area (Å²) in [5.41, 5.74) is 0. The van der Waals surface area contributed by atoms with Gasteiger partial charge in [0.05, 0.1) is 0 Å². The van der Waals surface area contributed by atoms with Gasteiger partial charge in [-0.3, -0.25) is 0 Å². The summed E-state index contributed by atoms with van der Waals surface area (Å²) in [6.45, 7) is 5.18. The average molecular weight is 276 g/mol. The van der Waals surface area contributed by atoms with E-state index in [1.54, 1.807) is 23.1 Å². The van der Waals surface area contributed by atoms with Gasteiger partial charge in [0.25, 0.3) is 0 Å². The monoisotopic (exact) mass is 276 g/mol. The van der Waals surface area contributed by atoms with E-state index < -0.39 is 5.97 Å². The second-order valence-electron chi connectivity index (χ2n) is 2.80. The van der Waals surface area contributed by atoms with E-state index in [0.29, 0.717) is 5.75 Å². The summed E-state index contributed by atoms with van der Waals surface area (Å²) in [5, 5.41) is 7.98. The highest BCUT2D eigenvalue weighted by atomic mass is 32.2. The molecule has 1 unspecified atom stereocenters. The number of rotatable bonds is 6. The van der Waals surface area contributed by atoms with Crippen LogP contribution in [0.1, 0.15) is 6.92 Å². The van der Waals surface area contributed by atoms with Crippen LogP contribution in [-0.4, -0.2) is 34.3 Å². The van der Waals surface area contributed by atoms with Crippen LogP contribution in [0.15, 0.2) is 21.3 Å². The van der Waals surface area contributed by atoms with E-state index in [1.165, 1.54) is 11.8 Å². The summed E-state index contributed by atoms with van der Waals surface area (Å²) in [5.74, 6) is 0.276. The van der Waals surface area contributed by atoms with E-state index in [0.717, 1.165) is 14.8 Å². The molecule has 0 aliphatic heterocycles. The van der Waals surface area contributed by atoms with Crippen molar-refractivity contribution in [1.82, 2.24) is 10.2 Å². The predicted molar refractivity (Wildman–Crippen MR) is 68.2 cm³/mol. The first-order valence-electron chi connectivity index (χ1n) is 4.49. The fourth-order valence-corrected chi connectivity index (χ4v) is 3.19. The molecule has 88 valence electrons. The van der Waals surface area contributed by atoms with Crippen molar-refractivity contribution >= 4 is 40.8 Å². The minimum absolute atomic E-state index is 0.155. The third-order valence-corrected chi connectivity index (χ3v) is 4.75.